The maximum Gasteiger partial charge on any atom is 0.287 e. The number of nitro groups is 1. The van der Waals surface area contributed by atoms with Crippen LogP contribution >= 0.6 is 15.9 Å². The van der Waals surface area contributed by atoms with Gasteiger partial charge in [0.2, 0.25) is 0 Å². The Kier molecular flexibility index (Phi) is 5.10. The van der Waals surface area contributed by atoms with Crippen LogP contribution in [0.1, 0.15) is 0 Å². The second kappa shape index (κ2) is 7.03. The lowest BCUT2D eigenvalue weighted by Gasteiger charge is -2.18. The van der Waals surface area contributed by atoms with E-state index in [0.29, 0.717) is 19.0 Å². The first-order valence-electron chi connectivity index (χ1n) is 6.26. The van der Waals surface area contributed by atoms with E-state index in [1.165, 1.54) is 12.3 Å². The van der Waals surface area contributed by atoms with Gasteiger partial charge in [-0.15, -0.1) is 0 Å². The Morgan fingerprint density at radius 1 is 1.29 bits per heavy atom. The molecule has 6 nitrogen and oxygen atoms in total. The van der Waals surface area contributed by atoms with Crippen LogP contribution in [0.2, 0.25) is 0 Å². The molecule has 0 atom stereocenters. The molecule has 0 unspecified atom stereocenters. The smallest absolute Gasteiger partial charge is 0.287 e. The molecular formula is C14H14BrN3O3. The first-order valence-corrected chi connectivity index (χ1v) is 7.05. The molecule has 0 aliphatic carbocycles. The van der Waals surface area contributed by atoms with E-state index < -0.39 is 4.92 Å². The number of hydrogen-bond acceptors (Lipinski definition) is 5. The highest BCUT2D eigenvalue weighted by Gasteiger charge is 2.08. The van der Waals surface area contributed by atoms with Crippen molar-refractivity contribution in [3.63, 3.8) is 0 Å². The topological polar surface area (TPSA) is 68.5 Å². The number of ether oxygens (including phenoxy) is 1. The van der Waals surface area contributed by atoms with E-state index in [4.69, 9.17) is 4.74 Å². The molecular weight excluding hydrogens is 338 g/mol. The predicted molar refractivity (Wildman–Crippen MR) is 83.8 cm³/mol. The summed E-state index contributed by atoms with van der Waals surface area (Å²) in [5, 5.41) is 10.6. The van der Waals surface area contributed by atoms with Gasteiger partial charge in [-0.3, -0.25) is 10.1 Å². The zero-order chi connectivity index (χ0) is 15.2. The van der Waals surface area contributed by atoms with Gasteiger partial charge in [-0.2, -0.15) is 0 Å². The van der Waals surface area contributed by atoms with E-state index in [9.17, 15) is 10.1 Å². The van der Waals surface area contributed by atoms with Crippen LogP contribution in [-0.4, -0.2) is 30.1 Å². The number of pyridine rings is 1. The van der Waals surface area contributed by atoms with Crippen LogP contribution in [0, 0.1) is 10.1 Å². The van der Waals surface area contributed by atoms with Crippen LogP contribution in [0.4, 0.5) is 11.5 Å². The van der Waals surface area contributed by atoms with E-state index in [1.807, 2.05) is 36.2 Å². The standard InChI is InChI=1S/C14H14BrN3O3/c1-17(14-7-4-12(10-16-14)18(19)20)8-9-21-13-5-2-11(15)3-6-13/h2-7,10H,8-9H2,1H3. The fraction of sp³-hybridized carbons (Fsp3) is 0.214. The third-order valence-electron chi connectivity index (χ3n) is 2.84. The van der Waals surface area contributed by atoms with E-state index in [0.717, 1.165) is 10.2 Å². The van der Waals surface area contributed by atoms with Gasteiger partial charge in [-0.05, 0) is 30.3 Å². The first-order chi connectivity index (χ1) is 10.1. The molecule has 0 amide bonds. The highest BCUT2D eigenvalue weighted by atomic mass is 79.9. The summed E-state index contributed by atoms with van der Waals surface area (Å²) in [5.41, 5.74) is -0.0155. The minimum Gasteiger partial charge on any atom is -0.492 e. The average molecular weight is 352 g/mol. The lowest BCUT2D eigenvalue weighted by Crippen LogP contribution is -2.24. The third kappa shape index (κ3) is 4.42. The number of aromatic nitrogens is 1. The molecule has 0 aliphatic heterocycles. The molecule has 0 bridgehead atoms. The van der Waals surface area contributed by atoms with Crippen molar-refractivity contribution in [2.24, 2.45) is 0 Å². The van der Waals surface area contributed by atoms with Crippen molar-refractivity contribution >= 4 is 27.4 Å². The van der Waals surface area contributed by atoms with E-state index in [2.05, 4.69) is 20.9 Å². The molecule has 1 heterocycles. The number of benzene rings is 1. The minimum absolute atomic E-state index is 0.0155. The summed E-state index contributed by atoms with van der Waals surface area (Å²) < 4.78 is 6.62. The molecule has 1 aromatic heterocycles. The normalized spacial score (nSPS) is 10.2. The molecule has 0 saturated heterocycles. The summed E-state index contributed by atoms with van der Waals surface area (Å²) in [6, 6.07) is 10.7. The summed E-state index contributed by atoms with van der Waals surface area (Å²) in [6.45, 7) is 1.12. The van der Waals surface area contributed by atoms with Gasteiger partial charge in [-0.25, -0.2) is 4.98 Å². The molecule has 110 valence electrons. The van der Waals surface area contributed by atoms with Gasteiger partial charge >= 0.3 is 0 Å². The summed E-state index contributed by atoms with van der Waals surface area (Å²) in [5.74, 6) is 1.46. The van der Waals surface area contributed by atoms with Crippen LogP contribution in [0.3, 0.4) is 0 Å². The number of halogens is 1. The fourth-order valence-electron chi connectivity index (χ4n) is 1.66. The summed E-state index contributed by atoms with van der Waals surface area (Å²) in [7, 11) is 1.86. The SMILES string of the molecule is CN(CCOc1ccc(Br)cc1)c1ccc([N+](=O)[O-])cn1. The highest BCUT2D eigenvalue weighted by molar-refractivity contribution is 9.10. The fourth-order valence-corrected chi connectivity index (χ4v) is 1.92. The largest absolute Gasteiger partial charge is 0.492 e. The van der Waals surface area contributed by atoms with Gasteiger partial charge in [-0.1, -0.05) is 15.9 Å². The summed E-state index contributed by atoms with van der Waals surface area (Å²) in [4.78, 5) is 16.0. The maximum atomic E-state index is 10.6. The maximum absolute atomic E-state index is 10.6. The zero-order valence-corrected chi connectivity index (χ0v) is 13.0. The molecule has 0 radical (unpaired) electrons. The number of anilines is 1. The number of rotatable bonds is 6. The van der Waals surface area contributed by atoms with Crippen molar-refractivity contribution in [3.8, 4) is 5.75 Å². The lowest BCUT2D eigenvalue weighted by molar-refractivity contribution is -0.385. The summed E-state index contributed by atoms with van der Waals surface area (Å²) in [6.07, 6.45) is 1.25. The second-order valence-corrected chi connectivity index (χ2v) is 5.27. The Morgan fingerprint density at radius 2 is 2.00 bits per heavy atom. The van der Waals surface area contributed by atoms with Crippen LogP contribution in [0.15, 0.2) is 47.1 Å². The van der Waals surface area contributed by atoms with Crippen LogP contribution in [0.5, 0.6) is 5.75 Å². The van der Waals surface area contributed by atoms with Gasteiger partial charge < -0.3 is 9.64 Å². The van der Waals surface area contributed by atoms with Gasteiger partial charge in [0.25, 0.3) is 5.69 Å². The van der Waals surface area contributed by atoms with Crippen LogP contribution < -0.4 is 9.64 Å². The van der Waals surface area contributed by atoms with Gasteiger partial charge in [0, 0.05) is 17.6 Å². The van der Waals surface area contributed by atoms with Gasteiger partial charge in [0.15, 0.2) is 0 Å². The van der Waals surface area contributed by atoms with E-state index in [-0.39, 0.29) is 5.69 Å². The molecule has 7 heteroatoms. The molecule has 21 heavy (non-hydrogen) atoms. The zero-order valence-electron chi connectivity index (χ0n) is 11.4. The molecule has 0 N–H and O–H groups in total. The first kappa shape index (κ1) is 15.2. The van der Waals surface area contributed by atoms with Gasteiger partial charge in [0.05, 0.1) is 11.5 Å². The van der Waals surface area contributed by atoms with Crippen molar-refractivity contribution in [1.82, 2.24) is 4.98 Å². The Hall–Kier alpha value is -2.15. The van der Waals surface area contributed by atoms with Crippen molar-refractivity contribution in [3.05, 3.63) is 57.2 Å². The van der Waals surface area contributed by atoms with E-state index in [1.54, 1.807) is 6.07 Å². The molecule has 0 fully saturated rings. The Balaban J connectivity index is 1.85. The highest BCUT2D eigenvalue weighted by Crippen LogP contribution is 2.17. The monoisotopic (exact) mass is 351 g/mol. The van der Waals surface area contributed by atoms with Crippen molar-refractivity contribution in [2.75, 3.05) is 25.1 Å². The number of hydrogen-bond donors (Lipinski definition) is 0. The average Bonchev–Trinajstić information content (AvgIpc) is 2.49. The van der Waals surface area contributed by atoms with Crippen LogP contribution in [-0.2, 0) is 0 Å². The molecule has 0 aliphatic rings. The second-order valence-electron chi connectivity index (χ2n) is 4.36. The lowest BCUT2D eigenvalue weighted by atomic mass is 10.3. The third-order valence-corrected chi connectivity index (χ3v) is 3.37. The van der Waals surface area contributed by atoms with Crippen molar-refractivity contribution in [1.29, 1.82) is 0 Å². The minimum atomic E-state index is -0.465. The predicted octanol–water partition coefficient (Wildman–Crippen LogP) is 3.27. The number of likely N-dealkylation sites (N-methyl/N-ethyl adjacent to an activating group) is 1. The number of nitrogens with zero attached hydrogens (tertiary/aromatic N) is 3. The molecule has 2 rings (SSSR count). The van der Waals surface area contributed by atoms with Crippen LogP contribution in [0.25, 0.3) is 0 Å². The summed E-state index contributed by atoms with van der Waals surface area (Å²) >= 11 is 3.36. The molecule has 2 aromatic rings. The Labute approximate surface area is 130 Å². The molecule has 1 aromatic carbocycles. The molecule has 0 spiro atoms. The molecule has 0 saturated carbocycles. The Morgan fingerprint density at radius 3 is 2.57 bits per heavy atom. The van der Waals surface area contributed by atoms with E-state index >= 15 is 0 Å². The Bertz CT molecular complexity index is 602. The van der Waals surface area contributed by atoms with Crippen molar-refractivity contribution in [2.45, 2.75) is 0 Å². The van der Waals surface area contributed by atoms with Crippen molar-refractivity contribution < 1.29 is 9.66 Å². The van der Waals surface area contributed by atoms with Gasteiger partial charge in [0.1, 0.15) is 24.4 Å². The quantitative estimate of drug-likeness (QED) is 0.590.